The largest absolute Gasteiger partial charge is 0.490 e. The summed E-state index contributed by atoms with van der Waals surface area (Å²) in [5.74, 6) is 1.11. The molecule has 0 bridgehead atoms. The van der Waals surface area contributed by atoms with Crippen molar-refractivity contribution in [2.45, 2.75) is 33.2 Å². The van der Waals surface area contributed by atoms with Gasteiger partial charge in [-0.05, 0) is 57.5 Å². The third-order valence-corrected chi connectivity index (χ3v) is 4.33. The van der Waals surface area contributed by atoms with Crippen LogP contribution < -0.4 is 15.2 Å². The first-order valence-electron chi connectivity index (χ1n) is 8.14. The van der Waals surface area contributed by atoms with Gasteiger partial charge in [0, 0.05) is 12.5 Å². The molecule has 1 amide bonds. The van der Waals surface area contributed by atoms with Crippen molar-refractivity contribution >= 4 is 17.5 Å². The molecule has 1 aromatic carbocycles. The molecular formula is C17H25ClN2O3. The molecule has 2 N–H and O–H groups in total. The average molecular weight is 341 g/mol. The Balaban J connectivity index is 2.07. The van der Waals surface area contributed by atoms with E-state index in [1.54, 1.807) is 0 Å². The minimum atomic E-state index is -0.188. The molecule has 0 spiro atoms. The molecule has 6 heteroatoms. The minimum absolute atomic E-state index is 0.00848. The van der Waals surface area contributed by atoms with Crippen molar-refractivity contribution < 1.29 is 14.3 Å². The summed E-state index contributed by atoms with van der Waals surface area (Å²) in [6, 6.07) is 3.91. The standard InChI is InChI=1S/C17H25ClN2O3/c1-3-22-15-10-12(9-14(18)16(15)23-4-2)11-20-7-5-13(6-8-20)17(19)21/h9-10,13H,3-8,11H2,1-2H3,(H2,19,21). The SMILES string of the molecule is CCOc1cc(CN2CCC(C(N)=O)CC2)cc(Cl)c1OCC. The summed E-state index contributed by atoms with van der Waals surface area (Å²) in [6.45, 7) is 7.46. The van der Waals surface area contributed by atoms with Gasteiger partial charge in [-0.1, -0.05) is 11.6 Å². The topological polar surface area (TPSA) is 64.8 Å². The fraction of sp³-hybridized carbons (Fsp3) is 0.588. The number of benzene rings is 1. The van der Waals surface area contributed by atoms with E-state index in [2.05, 4.69) is 4.90 Å². The first-order valence-corrected chi connectivity index (χ1v) is 8.52. The van der Waals surface area contributed by atoms with E-state index in [9.17, 15) is 4.79 Å². The maximum Gasteiger partial charge on any atom is 0.220 e. The number of hydrogen-bond acceptors (Lipinski definition) is 4. The molecule has 1 aliphatic rings. The lowest BCUT2D eigenvalue weighted by atomic mass is 9.96. The van der Waals surface area contributed by atoms with Gasteiger partial charge in [0.2, 0.25) is 5.91 Å². The van der Waals surface area contributed by atoms with Gasteiger partial charge in [0.15, 0.2) is 11.5 Å². The van der Waals surface area contributed by atoms with Gasteiger partial charge >= 0.3 is 0 Å². The molecule has 0 atom stereocenters. The number of primary amides is 1. The smallest absolute Gasteiger partial charge is 0.220 e. The van der Waals surface area contributed by atoms with Crippen molar-refractivity contribution in [1.29, 1.82) is 0 Å². The van der Waals surface area contributed by atoms with Crippen molar-refractivity contribution in [3.63, 3.8) is 0 Å². The first kappa shape index (κ1) is 17.9. The van der Waals surface area contributed by atoms with Gasteiger partial charge in [-0.25, -0.2) is 0 Å². The molecule has 1 saturated heterocycles. The summed E-state index contributed by atoms with van der Waals surface area (Å²) in [4.78, 5) is 13.5. The Morgan fingerprint density at radius 1 is 1.26 bits per heavy atom. The molecule has 1 heterocycles. The zero-order chi connectivity index (χ0) is 16.8. The van der Waals surface area contributed by atoms with Crippen LogP contribution in [0.2, 0.25) is 5.02 Å². The van der Waals surface area contributed by atoms with Crippen LogP contribution in [0.25, 0.3) is 0 Å². The number of likely N-dealkylation sites (tertiary alicyclic amines) is 1. The maximum atomic E-state index is 11.2. The van der Waals surface area contributed by atoms with E-state index in [0.29, 0.717) is 29.7 Å². The van der Waals surface area contributed by atoms with E-state index >= 15 is 0 Å². The molecule has 5 nitrogen and oxygen atoms in total. The molecule has 0 saturated carbocycles. The number of rotatable bonds is 7. The van der Waals surface area contributed by atoms with Crippen LogP contribution in [0.15, 0.2) is 12.1 Å². The molecule has 1 aliphatic heterocycles. The minimum Gasteiger partial charge on any atom is -0.490 e. The van der Waals surface area contributed by atoms with Crippen molar-refractivity contribution in [2.24, 2.45) is 11.7 Å². The average Bonchev–Trinajstić information content (AvgIpc) is 2.51. The van der Waals surface area contributed by atoms with Gasteiger partial charge in [0.25, 0.3) is 0 Å². The molecule has 0 aromatic heterocycles. The van der Waals surface area contributed by atoms with Crippen LogP contribution in [0.1, 0.15) is 32.3 Å². The van der Waals surface area contributed by atoms with Crippen molar-refractivity contribution in [3.8, 4) is 11.5 Å². The highest BCUT2D eigenvalue weighted by molar-refractivity contribution is 6.32. The normalized spacial score (nSPS) is 16.3. The maximum absolute atomic E-state index is 11.2. The monoisotopic (exact) mass is 340 g/mol. The number of nitrogens with two attached hydrogens (primary N) is 1. The molecule has 23 heavy (non-hydrogen) atoms. The molecule has 0 aliphatic carbocycles. The molecule has 0 radical (unpaired) electrons. The number of piperidine rings is 1. The van der Waals surface area contributed by atoms with E-state index in [1.807, 2.05) is 26.0 Å². The van der Waals surface area contributed by atoms with Gasteiger partial charge in [-0.15, -0.1) is 0 Å². The number of nitrogens with zero attached hydrogens (tertiary/aromatic N) is 1. The van der Waals surface area contributed by atoms with Crippen LogP contribution in [0.4, 0.5) is 0 Å². The quantitative estimate of drug-likeness (QED) is 0.829. The molecule has 0 unspecified atom stereocenters. The number of carbonyl (C=O) groups is 1. The number of halogens is 1. The van der Waals surface area contributed by atoms with E-state index in [1.165, 1.54) is 0 Å². The van der Waals surface area contributed by atoms with Crippen molar-refractivity contribution in [3.05, 3.63) is 22.7 Å². The third-order valence-electron chi connectivity index (χ3n) is 4.05. The van der Waals surface area contributed by atoms with Crippen LogP contribution in [-0.2, 0) is 11.3 Å². The van der Waals surface area contributed by atoms with E-state index in [-0.39, 0.29) is 11.8 Å². The summed E-state index contributed by atoms with van der Waals surface area (Å²) < 4.78 is 11.2. The molecule has 128 valence electrons. The van der Waals surface area contributed by atoms with Gasteiger partial charge in [0.05, 0.1) is 18.2 Å². The molecule has 2 rings (SSSR count). The number of carbonyl (C=O) groups excluding carboxylic acids is 1. The van der Waals surface area contributed by atoms with Crippen LogP contribution in [0.5, 0.6) is 11.5 Å². The van der Waals surface area contributed by atoms with Crippen LogP contribution in [0, 0.1) is 5.92 Å². The predicted octanol–water partition coefficient (Wildman–Crippen LogP) is 2.83. The Morgan fingerprint density at radius 3 is 2.48 bits per heavy atom. The van der Waals surface area contributed by atoms with Crippen LogP contribution in [-0.4, -0.2) is 37.1 Å². The highest BCUT2D eigenvalue weighted by atomic mass is 35.5. The molecule has 1 aromatic rings. The Labute approximate surface area is 142 Å². The second-order valence-corrected chi connectivity index (χ2v) is 6.13. The van der Waals surface area contributed by atoms with Crippen molar-refractivity contribution in [2.75, 3.05) is 26.3 Å². The summed E-state index contributed by atoms with van der Waals surface area (Å²) in [6.07, 6.45) is 1.64. The lowest BCUT2D eigenvalue weighted by molar-refractivity contribution is -0.123. The van der Waals surface area contributed by atoms with Crippen LogP contribution in [0.3, 0.4) is 0 Å². The third kappa shape index (κ3) is 4.75. The summed E-state index contributed by atoms with van der Waals surface area (Å²) in [7, 11) is 0. The zero-order valence-corrected chi connectivity index (χ0v) is 14.6. The Bertz CT molecular complexity index is 543. The second kappa shape index (κ2) is 8.41. The highest BCUT2D eigenvalue weighted by Gasteiger charge is 2.23. The summed E-state index contributed by atoms with van der Waals surface area (Å²) >= 11 is 6.35. The Morgan fingerprint density at radius 2 is 1.91 bits per heavy atom. The van der Waals surface area contributed by atoms with E-state index in [4.69, 9.17) is 26.8 Å². The second-order valence-electron chi connectivity index (χ2n) is 5.72. The molecule has 1 fully saturated rings. The van der Waals surface area contributed by atoms with Crippen molar-refractivity contribution in [1.82, 2.24) is 4.90 Å². The van der Waals surface area contributed by atoms with Gasteiger partial charge in [0.1, 0.15) is 0 Å². The fourth-order valence-corrected chi connectivity index (χ4v) is 3.18. The molecular weight excluding hydrogens is 316 g/mol. The predicted molar refractivity (Wildman–Crippen MR) is 91.0 cm³/mol. The van der Waals surface area contributed by atoms with E-state index in [0.717, 1.165) is 38.0 Å². The Kier molecular flexibility index (Phi) is 6.54. The number of hydrogen-bond donors (Lipinski definition) is 1. The van der Waals surface area contributed by atoms with Gasteiger partial charge in [-0.3, -0.25) is 9.69 Å². The summed E-state index contributed by atoms with van der Waals surface area (Å²) in [5.41, 5.74) is 6.46. The lowest BCUT2D eigenvalue weighted by Gasteiger charge is -2.30. The number of ether oxygens (including phenoxy) is 2. The van der Waals surface area contributed by atoms with E-state index < -0.39 is 0 Å². The van der Waals surface area contributed by atoms with Gasteiger partial charge in [-0.2, -0.15) is 0 Å². The first-order chi connectivity index (χ1) is 11.0. The zero-order valence-electron chi connectivity index (χ0n) is 13.8. The van der Waals surface area contributed by atoms with Gasteiger partial charge < -0.3 is 15.2 Å². The van der Waals surface area contributed by atoms with Crippen LogP contribution >= 0.6 is 11.6 Å². The highest BCUT2D eigenvalue weighted by Crippen LogP contribution is 2.37. The Hall–Kier alpha value is -1.46. The number of amides is 1. The summed E-state index contributed by atoms with van der Waals surface area (Å²) in [5, 5.41) is 0.569. The lowest BCUT2D eigenvalue weighted by Crippen LogP contribution is -2.38. The fourth-order valence-electron chi connectivity index (χ4n) is 2.89.